The predicted molar refractivity (Wildman–Crippen MR) is 114 cm³/mol. The van der Waals surface area contributed by atoms with Crippen LogP contribution in [0.4, 0.5) is 17.5 Å². The summed E-state index contributed by atoms with van der Waals surface area (Å²) in [6.45, 7) is 2.84. The SMILES string of the molecule is CN(C)c1ccc(CNc2nc(N3CCCCC3)nc3ccccc23)cc1. The number of fused-ring (bicyclic) bond motifs is 1. The number of para-hydroxylation sites is 1. The van der Waals surface area contributed by atoms with Crippen LogP contribution in [0.25, 0.3) is 10.9 Å². The maximum absolute atomic E-state index is 4.88. The van der Waals surface area contributed by atoms with Gasteiger partial charge in [0.2, 0.25) is 5.95 Å². The van der Waals surface area contributed by atoms with E-state index in [9.17, 15) is 0 Å². The first kappa shape index (κ1) is 17.6. The van der Waals surface area contributed by atoms with Crippen molar-refractivity contribution < 1.29 is 0 Å². The molecule has 5 heteroatoms. The number of nitrogens with zero attached hydrogens (tertiary/aromatic N) is 4. The zero-order chi connectivity index (χ0) is 18.6. The number of piperidine rings is 1. The number of hydrogen-bond donors (Lipinski definition) is 1. The van der Waals surface area contributed by atoms with Gasteiger partial charge in [-0.15, -0.1) is 0 Å². The second-order valence-corrected chi connectivity index (χ2v) is 7.35. The minimum Gasteiger partial charge on any atom is -0.378 e. The summed E-state index contributed by atoms with van der Waals surface area (Å²) in [5.41, 5.74) is 3.44. The lowest BCUT2D eigenvalue weighted by molar-refractivity contribution is 0.569. The van der Waals surface area contributed by atoms with Gasteiger partial charge < -0.3 is 15.1 Å². The fourth-order valence-electron chi connectivity index (χ4n) is 3.53. The van der Waals surface area contributed by atoms with Crippen molar-refractivity contribution in [1.29, 1.82) is 0 Å². The second-order valence-electron chi connectivity index (χ2n) is 7.35. The van der Waals surface area contributed by atoms with E-state index < -0.39 is 0 Å². The van der Waals surface area contributed by atoms with Gasteiger partial charge in [0.1, 0.15) is 5.82 Å². The maximum atomic E-state index is 4.88. The van der Waals surface area contributed by atoms with E-state index in [1.54, 1.807) is 0 Å². The molecule has 1 aliphatic heterocycles. The summed E-state index contributed by atoms with van der Waals surface area (Å²) in [4.78, 5) is 14.1. The van der Waals surface area contributed by atoms with Gasteiger partial charge in [-0.05, 0) is 49.1 Å². The number of benzene rings is 2. The molecular formula is C22H27N5. The van der Waals surface area contributed by atoms with Crippen molar-refractivity contribution in [2.45, 2.75) is 25.8 Å². The zero-order valence-electron chi connectivity index (χ0n) is 16.2. The van der Waals surface area contributed by atoms with Crippen LogP contribution in [-0.2, 0) is 6.54 Å². The topological polar surface area (TPSA) is 44.3 Å². The number of rotatable bonds is 5. The first-order valence-corrected chi connectivity index (χ1v) is 9.72. The van der Waals surface area contributed by atoms with E-state index >= 15 is 0 Å². The van der Waals surface area contributed by atoms with E-state index in [2.05, 4.69) is 65.6 Å². The molecule has 0 atom stereocenters. The summed E-state index contributed by atoms with van der Waals surface area (Å²) in [5, 5.41) is 4.61. The number of anilines is 3. The number of aromatic nitrogens is 2. The Balaban J connectivity index is 1.59. The predicted octanol–water partition coefficient (Wildman–Crippen LogP) is 4.30. The van der Waals surface area contributed by atoms with Gasteiger partial charge >= 0.3 is 0 Å². The van der Waals surface area contributed by atoms with E-state index in [0.29, 0.717) is 0 Å². The number of hydrogen-bond acceptors (Lipinski definition) is 5. The highest BCUT2D eigenvalue weighted by Gasteiger charge is 2.16. The van der Waals surface area contributed by atoms with Gasteiger partial charge in [-0.25, -0.2) is 4.98 Å². The molecule has 0 saturated carbocycles. The minimum absolute atomic E-state index is 0.744. The molecule has 5 nitrogen and oxygen atoms in total. The molecule has 0 spiro atoms. The molecule has 0 bridgehead atoms. The van der Waals surface area contributed by atoms with Crippen molar-refractivity contribution >= 4 is 28.4 Å². The van der Waals surface area contributed by atoms with Crippen LogP contribution in [0.2, 0.25) is 0 Å². The van der Waals surface area contributed by atoms with Gasteiger partial charge in [0.25, 0.3) is 0 Å². The van der Waals surface area contributed by atoms with E-state index in [1.807, 2.05) is 12.1 Å². The molecule has 0 radical (unpaired) electrons. The lowest BCUT2D eigenvalue weighted by atomic mass is 10.1. The first-order valence-electron chi connectivity index (χ1n) is 9.72. The molecule has 2 aromatic carbocycles. The lowest BCUT2D eigenvalue weighted by Gasteiger charge is -2.27. The summed E-state index contributed by atoms with van der Waals surface area (Å²) < 4.78 is 0. The molecule has 1 fully saturated rings. The van der Waals surface area contributed by atoms with Crippen molar-refractivity contribution in [3.05, 3.63) is 54.1 Å². The third-order valence-electron chi connectivity index (χ3n) is 5.14. The molecule has 27 heavy (non-hydrogen) atoms. The Morgan fingerprint density at radius 2 is 1.67 bits per heavy atom. The van der Waals surface area contributed by atoms with E-state index in [0.717, 1.165) is 42.3 Å². The van der Waals surface area contributed by atoms with Gasteiger partial charge in [-0.1, -0.05) is 24.3 Å². The van der Waals surface area contributed by atoms with Crippen LogP contribution in [0.1, 0.15) is 24.8 Å². The lowest BCUT2D eigenvalue weighted by Crippen LogP contribution is -2.31. The molecule has 1 aliphatic rings. The van der Waals surface area contributed by atoms with Crippen molar-refractivity contribution in [2.75, 3.05) is 42.3 Å². The quantitative estimate of drug-likeness (QED) is 0.734. The molecule has 1 aromatic heterocycles. The zero-order valence-corrected chi connectivity index (χ0v) is 16.2. The Morgan fingerprint density at radius 1 is 0.926 bits per heavy atom. The summed E-state index contributed by atoms with van der Waals surface area (Å²) in [5.74, 6) is 1.76. The van der Waals surface area contributed by atoms with Crippen molar-refractivity contribution in [2.24, 2.45) is 0 Å². The molecule has 2 heterocycles. The third-order valence-corrected chi connectivity index (χ3v) is 5.14. The van der Waals surface area contributed by atoms with Crippen LogP contribution in [0.3, 0.4) is 0 Å². The fourth-order valence-corrected chi connectivity index (χ4v) is 3.53. The highest BCUT2D eigenvalue weighted by molar-refractivity contribution is 5.90. The maximum Gasteiger partial charge on any atom is 0.227 e. The van der Waals surface area contributed by atoms with Gasteiger partial charge in [0.05, 0.1) is 5.52 Å². The van der Waals surface area contributed by atoms with Crippen molar-refractivity contribution in [3.8, 4) is 0 Å². The minimum atomic E-state index is 0.744. The van der Waals surface area contributed by atoms with Gasteiger partial charge in [-0.2, -0.15) is 4.98 Å². The Hall–Kier alpha value is -2.82. The molecule has 1 saturated heterocycles. The smallest absolute Gasteiger partial charge is 0.227 e. The highest BCUT2D eigenvalue weighted by Crippen LogP contribution is 2.25. The molecular weight excluding hydrogens is 334 g/mol. The Bertz CT molecular complexity index is 898. The average molecular weight is 361 g/mol. The van der Waals surface area contributed by atoms with Crippen molar-refractivity contribution in [3.63, 3.8) is 0 Å². The largest absolute Gasteiger partial charge is 0.378 e. The fraction of sp³-hybridized carbons (Fsp3) is 0.364. The van der Waals surface area contributed by atoms with Crippen LogP contribution < -0.4 is 15.1 Å². The summed E-state index contributed by atoms with van der Waals surface area (Å²) >= 11 is 0. The molecule has 0 unspecified atom stereocenters. The molecule has 1 N–H and O–H groups in total. The van der Waals surface area contributed by atoms with Crippen molar-refractivity contribution in [1.82, 2.24) is 9.97 Å². The average Bonchev–Trinajstić information content (AvgIpc) is 2.72. The Kier molecular flexibility index (Phi) is 5.10. The van der Waals surface area contributed by atoms with E-state index in [-0.39, 0.29) is 0 Å². The summed E-state index contributed by atoms with van der Waals surface area (Å²) in [6.07, 6.45) is 3.74. The Morgan fingerprint density at radius 3 is 2.41 bits per heavy atom. The van der Waals surface area contributed by atoms with Gasteiger partial charge in [-0.3, -0.25) is 0 Å². The third kappa shape index (κ3) is 3.97. The molecule has 0 amide bonds. The molecule has 4 rings (SSSR count). The van der Waals surface area contributed by atoms with Gasteiger partial charge in [0.15, 0.2) is 0 Å². The Labute approximate surface area is 161 Å². The standard InChI is InChI=1S/C22H27N5/c1-26(2)18-12-10-17(11-13-18)16-23-21-19-8-4-5-9-20(19)24-22(25-21)27-14-6-3-7-15-27/h4-5,8-13H,3,6-7,14-16H2,1-2H3,(H,23,24,25). The van der Waals surface area contributed by atoms with Gasteiger partial charge in [0, 0.05) is 44.8 Å². The van der Waals surface area contributed by atoms with E-state index in [1.165, 1.54) is 30.5 Å². The molecule has 0 aliphatic carbocycles. The van der Waals surface area contributed by atoms with Crippen LogP contribution in [0.5, 0.6) is 0 Å². The van der Waals surface area contributed by atoms with Crippen LogP contribution >= 0.6 is 0 Å². The van der Waals surface area contributed by atoms with Crippen LogP contribution in [-0.4, -0.2) is 37.2 Å². The highest BCUT2D eigenvalue weighted by atomic mass is 15.3. The first-order chi connectivity index (χ1) is 13.2. The van der Waals surface area contributed by atoms with Crippen LogP contribution in [0, 0.1) is 0 Å². The molecule has 140 valence electrons. The van der Waals surface area contributed by atoms with E-state index in [4.69, 9.17) is 9.97 Å². The second kappa shape index (κ2) is 7.82. The summed E-state index contributed by atoms with van der Waals surface area (Å²) in [6, 6.07) is 16.9. The monoisotopic (exact) mass is 361 g/mol. The van der Waals surface area contributed by atoms with Crippen LogP contribution in [0.15, 0.2) is 48.5 Å². The molecule has 3 aromatic rings. The number of nitrogens with one attached hydrogen (secondary N) is 1. The normalized spacial score (nSPS) is 14.4. The summed E-state index contributed by atoms with van der Waals surface area (Å²) in [7, 11) is 4.12.